The number of carbonyl (C=O) groups is 2. The standard InChI is InChI=1S/C19H24N2O4/c1-13-10-14(2)17(15(3)11-13)21-19(23)18(22)20-7-5-8-24-12-16-6-4-9-25-16/h4,6,9-11H,5,7-8,12H2,1-3H3,(H,20,22)(H,21,23). The minimum Gasteiger partial charge on any atom is -0.467 e. The minimum absolute atomic E-state index is 0.371. The van der Waals surface area contributed by atoms with E-state index in [-0.39, 0.29) is 0 Å². The molecule has 1 aromatic heterocycles. The number of ether oxygens (including phenoxy) is 1. The molecule has 2 aromatic rings. The molecule has 0 saturated carbocycles. The topological polar surface area (TPSA) is 80.6 Å². The van der Waals surface area contributed by atoms with Gasteiger partial charge >= 0.3 is 11.8 Å². The maximum Gasteiger partial charge on any atom is 0.313 e. The van der Waals surface area contributed by atoms with Crippen LogP contribution in [0.2, 0.25) is 0 Å². The lowest BCUT2D eigenvalue weighted by Crippen LogP contribution is -2.36. The Labute approximate surface area is 147 Å². The highest BCUT2D eigenvalue weighted by molar-refractivity contribution is 6.39. The first-order valence-corrected chi connectivity index (χ1v) is 8.24. The zero-order valence-electron chi connectivity index (χ0n) is 14.8. The Morgan fingerprint density at radius 1 is 1.12 bits per heavy atom. The number of benzene rings is 1. The second kappa shape index (κ2) is 9.03. The van der Waals surface area contributed by atoms with E-state index in [9.17, 15) is 9.59 Å². The molecule has 2 N–H and O–H groups in total. The van der Waals surface area contributed by atoms with Crippen molar-refractivity contribution in [1.82, 2.24) is 5.32 Å². The van der Waals surface area contributed by atoms with Gasteiger partial charge in [-0.2, -0.15) is 0 Å². The summed E-state index contributed by atoms with van der Waals surface area (Å²) < 4.78 is 10.6. The van der Waals surface area contributed by atoms with Gasteiger partial charge in [-0.05, 0) is 50.5 Å². The summed E-state index contributed by atoms with van der Waals surface area (Å²) in [6, 6.07) is 7.57. The van der Waals surface area contributed by atoms with E-state index in [1.54, 1.807) is 12.3 Å². The molecule has 0 unspecified atom stereocenters. The largest absolute Gasteiger partial charge is 0.467 e. The fourth-order valence-corrected chi connectivity index (χ4v) is 2.57. The zero-order chi connectivity index (χ0) is 18.2. The molecular formula is C19H24N2O4. The number of nitrogens with one attached hydrogen (secondary N) is 2. The van der Waals surface area contributed by atoms with Crippen LogP contribution in [-0.4, -0.2) is 25.0 Å². The maximum absolute atomic E-state index is 12.0. The third-order valence-electron chi connectivity index (χ3n) is 3.70. The van der Waals surface area contributed by atoms with Crippen molar-refractivity contribution in [1.29, 1.82) is 0 Å². The zero-order valence-corrected chi connectivity index (χ0v) is 14.8. The van der Waals surface area contributed by atoms with Gasteiger partial charge in [-0.15, -0.1) is 0 Å². The first-order chi connectivity index (χ1) is 12.0. The van der Waals surface area contributed by atoms with Crippen LogP contribution in [0.4, 0.5) is 5.69 Å². The number of rotatable bonds is 7. The first-order valence-electron chi connectivity index (χ1n) is 8.24. The van der Waals surface area contributed by atoms with Gasteiger partial charge in [0.15, 0.2) is 0 Å². The van der Waals surface area contributed by atoms with Gasteiger partial charge in [-0.3, -0.25) is 9.59 Å². The lowest BCUT2D eigenvalue weighted by molar-refractivity contribution is -0.136. The van der Waals surface area contributed by atoms with Crippen molar-refractivity contribution in [2.24, 2.45) is 0 Å². The molecule has 6 nitrogen and oxygen atoms in total. The van der Waals surface area contributed by atoms with E-state index in [1.165, 1.54) is 0 Å². The smallest absolute Gasteiger partial charge is 0.313 e. The molecule has 0 radical (unpaired) electrons. The van der Waals surface area contributed by atoms with E-state index >= 15 is 0 Å². The van der Waals surface area contributed by atoms with E-state index < -0.39 is 11.8 Å². The van der Waals surface area contributed by atoms with Gasteiger partial charge < -0.3 is 19.8 Å². The van der Waals surface area contributed by atoms with Crippen LogP contribution in [0.15, 0.2) is 34.9 Å². The number of anilines is 1. The number of amides is 2. The quantitative estimate of drug-likeness (QED) is 0.598. The van der Waals surface area contributed by atoms with Crippen LogP contribution in [0.25, 0.3) is 0 Å². The van der Waals surface area contributed by atoms with Crippen LogP contribution >= 0.6 is 0 Å². The van der Waals surface area contributed by atoms with Gasteiger partial charge in [0.25, 0.3) is 0 Å². The predicted molar refractivity (Wildman–Crippen MR) is 95.3 cm³/mol. The molecule has 134 valence electrons. The van der Waals surface area contributed by atoms with Gasteiger partial charge in [0.2, 0.25) is 0 Å². The van der Waals surface area contributed by atoms with Crippen molar-refractivity contribution in [3.63, 3.8) is 0 Å². The second-order valence-corrected chi connectivity index (χ2v) is 5.97. The lowest BCUT2D eigenvalue weighted by atomic mass is 10.1. The summed E-state index contributed by atoms with van der Waals surface area (Å²) in [4.78, 5) is 23.9. The number of aryl methyl sites for hydroxylation is 3. The Morgan fingerprint density at radius 3 is 2.48 bits per heavy atom. The van der Waals surface area contributed by atoms with Crippen LogP contribution in [-0.2, 0) is 20.9 Å². The Balaban J connectivity index is 1.69. The summed E-state index contributed by atoms with van der Waals surface area (Å²) in [6.07, 6.45) is 2.21. The third-order valence-corrected chi connectivity index (χ3v) is 3.70. The maximum atomic E-state index is 12.0. The van der Waals surface area contributed by atoms with Crippen molar-refractivity contribution < 1.29 is 18.7 Å². The molecule has 0 aliphatic rings. The van der Waals surface area contributed by atoms with Crippen molar-refractivity contribution in [2.45, 2.75) is 33.8 Å². The van der Waals surface area contributed by atoms with Crippen LogP contribution in [0.3, 0.4) is 0 Å². The van der Waals surface area contributed by atoms with Gasteiger partial charge in [0.05, 0.1) is 6.26 Å². The van der Waals surface area contributed by atoms with Crippen LogP contribution in [0.5, 0.6) is 0 Å². The molecule has 1 heterocycles. The Bertz CT molecular complexity index is 700. The average Bonchev–Trinajstić information content (AvgIpc) is 3.07. The SMILES string of the molecule is Cc1cc(C)c(NC(=O)C(=O)NCCCOCc2ccco2)c(C)c1. The second-order valence-electron chi connectivity index (χ2n) is 5.97. The molecule has 0 spiro atoms. The summed E-state index contributed by atoms with van der Waals surface area (Å²) in [5.74, 6) is -0.552. The lowest BCUT2D eigenvalue weighted by Gasteiger charge is -2.12. The van der Waals surface area contributed by atoms with Gasteiger partial charge in [-0.1, -0.05) is 17.7 Å². The fourth-order valence-electron chi connectivity index (χ4n) is 2.57. The highest BCUT2D eigenvalue weighted by Gasteiger charge is 2.15. The van der Waals surface area contributed by atoms with Crippen molar-refractivity contribution >= 4 is 17.5 Å². The van der Waals surface area contributed by atoms with Gasteiger partial charge in [0.1, 0.15) is 12.4 Å². The number of carbonyl (C=O) groups excluding carboxylic acids is 2. The summed E-state index contributed by atoms with van der Waals surface area (Å²) in [5, 5.41) is 5.27. The molecule has 0 fully saturated rings. The van der Waals surface area contributed by atoms with Crippen LogP contribution in [0.1, 0.15) is 28.9 Å². The molecule has 0 atom stereocenters. The highest BCUT2D eigenvalue weighted by atomic mass is 16.5. The van der Waals surface area contributed by atoms with E-state index in [4.69, 9.17) is 9.15 Å². The summed E-state index contributed by atoms with van der Waals surface area (Å²) in [7, 11) is 0. The monoisotopic (exact) mass is 344 g/mol. The molecule has 6 heteroatoms. The highest BCUT2D eigenvalue weighted by Crippen LogP contribution is 2.21. The predicted octanol–water partition coefficient (Wildman–Crippen LogP) is 2.87. The number of hydrogen-bond donors (Lipinski definition) is 2. The molecule has 25 heavy (non-hydrogen) atoms. The van der Waals surface area contributed by atoms with Crippen molar-refractivity contribution in [3.8, 4) is 0 Å². The molecule has 0 saturated heterocycles. The fraction of sp³-hybridized carbons (Fsp3) is 0.368. The molecular weight excluding hydrogens is 320 g/mol. The normalized spacial score (nSPS) is 10.5. The summed E-state index contributed by atoms with van der Waals surface area (Å²) in [6.45, 7) is 7.04. The van der Waals surface area contributed by atoms with Crippen molar-refractivity contribution in [3.05, 3.63) is 53.0 Å². The Kier molecular flexibility index (Phi) is 6.77. The molecule has 1 aromatic carbocycles. The number of hydrogen-bond acceptors (Lipinski definition) is 4. The molecule has 0 aliphatic carbocycles. The van der Waals surface area contributed by atoms with Gasteiger partial charge in [0, 0.05) is 18.8 Å². The summed E-state index contributed by atoms with van der Waals surface area (Å²) in [5.41, 5.74) is 3.68. The van der Waals surface area contributed by atoms with Gasteiger partial charge in [-0.25, -0.2) is 0 Å². The molecule has 2 amide bonds. The molecule has 0 aliphatic heterocycles. The van der Waals surface area contributed by atoms with E-state index in [1.807, 2.05) is 39.0 Å². The van der Waals surface area contributed by atoms with Crippen molar-refractivity contribution in [2.75, 3.05) is 18.5 Å². The average molecular weight is 344 g/mol. The Morgan fingerprint density at radius 2 is 1.84 bits per heavy atom. The van der Waals surface area contributed by atoms with Crippen LogP contribution < -0.4 is 10.6 Å². The third kappa shape index (κ3) is 5.76. The van der Waals surface area contributed by atoms with E-state index in [2.05, 4.69) is 10.6 Å². The minimum atomic E-state index is -0.661. The van der Waals surface area contributed by atoms with E-state index in [0.29, 0.717) is 31.9 Å². The van der Waals surface area contributed by atoms with Crippen LogP contribution in [0, 0.1) is 20.8 Å². The van der Waals surface area contributed by atoms with E-state index in [0.717, 1.165) is 22.5 Å². The molecule has 2 rings (SSSR count). The first kappa shape index (κ1) is 18.7. The Hall–Kier alpha value is -2.60. The number of furan rings is 1. The summed E-state index contributed by atoms with van der Waals surface area (Å²) >= 11 is 0. The molecule has 0 bridgehead atoms.